The average Bonchev–Trinajstić information content (AvgIpc) is 2.69. The number of ether oxygens (including phenoxy) is 1. The minimum absolute atomic E-state index is 0. The van der Waals surface area contributed by atoms with Crippen LogP contribution in [0.4, 0.5) is 0 Å². The Morgan fingerprint density at radius 1 is 1.15 bits per heavy atom. The Bertz CT molecular complexity index is 841. The van der Waals surface area contributed by atoms with Gasteiger partial charge in [-0.1, -0.05) is 49.4 Å². The predicted molar refractivity (Wildman–Crippen MR) is 110 cm³/mol. The summed E-state index contributed by atoms with van der Waals surface area (Å²) in [5.74, 6) is 0. The lowest BCUT2D eigenvalue weighted by Crippen LogP contribution is -2.48. The molecule has 0 spiro atoms. The number of hydrogen-bond acceptors (Lipinski definition) is 4. The summed E-state index contributed by atoms with van der Waals surface area (Å²) in [6.07, 6.45) is 0.968. The molecule has 2 aromatic carbocycles. The van der Waals surface area contributed by atoms with E-state index in [0.29, 0.717) is 30.1 Å². The van der Waals surface area contributed by atoms with Gasteiger partial charge in [0, 0.05) is 26.7 Å². The van der Waals surface area contributed by atoms with Gasteiger partial charge in [0.05, 0.1) is 17.5 Å². The first-order chi connectivity index (χ1) is 12.6. The van der Waals surface area contributed by atoms with E-state index in [-0.39, 0.29) is 25.1 Å². The second-order valence-corrected chi connectivity index (χ2v) is 8.33. The molecule has 5 nitrogen and oxygen atoms in total. The number of nitrogens with zero attached hydrogens (tertiary/aromatic N) is 1. The molecule has 0 aromatic heterocycles. The maximum absolute atomic E-state index is 13.4. The molecule has 1 N–H and O–H groups in total. The Balaban J connectivity index is 0.00000261. The van der Waals surface area contributed by atoms with Crippen molar-refractivity contribution in [2.75, 3.05) is 26.7 Å². The summed E-state index contributed by atoms with van der Waals surface area (Å²) in [6, 6.07) is 15.1. The second kappa shape index (κ2) is 9.66. The van der Waals surface area contributed by atoms with Crippen molar-refractivity contribution < 1.29 is 13.2 Å². The number of nitrogens with one attached hydrogen (secondary N) is 1. The van der Waals surface area contributed by atoms with Crippen molar-refractivity contribution in [1.82, 2.24) is 9.62 Å². The van der Waals surface area contributed by atoms with Gasteiger partial charge in [0.15, 0.2) is 0 Å². The zero-order valence-electron chi connectivity index (χ0n) is 15.7. The van der Waals surface area contributed by atoms with Crippen molar-refractivity contribution in [3.05, 3.63) is 65.2 Å². The first-order valence-electron chi connectivity index (χ1n) is 8.96. The first kappa shape index (κ1) is 21.9. The van der Waals surface area contributed by atoms with Crippen LogP contribution in [0.3, 0.4) is 0 Å². The molecule has 1 aliphatic rings. The van der Waals surface area contributed by atoms with Gasteiger partial charge < -0.3 is 10.1 Å². The molecule has 1 unspecified atom stereocenters. The van der Waals surface area contributed by atoms with Crippen molar-refractivity contribution in [2.24, 2.45) is 0 Å². The third kappa shape index (κ3) is 4.70. The maximum atomic E-state index is 13.4. The van der Waals surface area contributed by atoms with Crippen LogP contribution in [0.5, 0.6) is 0 Å². The predicted octanol–water partition coefficient (Wildman–Crippen LogP) is 3.15. The minimum Gasteiger partial charge on any atom is -0.380 e. The number of hydrogen-bond donors (Lipinski definition) is 1. The van der Waals surface area contributed by atoms with Gasteiger partial charge >= 0.3 is 0 Å². The normalized spacial score (nSPS) is 18.1. The molecular weight excluding hydrogens is 384 g/mol. The zero-order valence-corrected chi connectivity index (χ0v) is 17.4. The average molecular weight is 411 g/mol. The number of benzene rings is 2. The Morgan fingerprint density at radius 2 is 1.85 bits per heavy atom. The van der Waals surface area contributed by atoms with Crippen LogP contribution in [-0.4, -0.2) is 39.5 Å². The van der Waals surface area contributed by atoms with E-state index >= 15 is 0 Å². The highest BCUT2D eigenvalue weighted by Gasteiger charge is 2.35. The SMILES string of the molecule is CCc1ccc(C2CNCCN2S(=O)(=O)c2ccccc2COC)cc1.Cl. The topological polar surface area (TPSA) is 58.6 Å². The minimum atomic E-state index is -3.61. The molecule has 0 radical (unpaired) electrons. The fraction of sp³-hybridized carbons (Fsp3) is 0.400. The summed E-state index contributed by atoms with van der Waals surface area (Å²) in [7, 11) is -2.04. The quantitative estimate of drug-likeness (QED) is 0.794. The van der Waals surface area contributed by atoms with Gasteiger partial charge in [-0.2, -0.15) is 4.31 Å². The summed E-state index contributed by atoms with van der Waals surface area (Å²) >= 11 is 0. The first-order valence-corrected chi connectivity index (χ1v) is 10.4. The monoisotopic (exact) mass is 410 g/mol. The fourth-order valence-corrected chi connectivity index (χ4v) is 5.21. The summed E-state index contributed by atoms with van der Waals surface area (Å²) < 4.78 is 33.7. The Hall–Kier alpha value is -1.44. The van der Waals surface area contributed by atoms with E-state index in [1.165, 1.54) is 5.56 Å². The highest BCUT2D eigenvalue weighted by atomic mass is 35.5. The van der Waals surface area contributed by atoms with Crippen molar-refractivity contribution in [1.29, 1.82) is 0 Å². The van der Waals surface area contributed by atoms with Gasteiger partial charge in [-0.05, 0) is 29.2 Å². The van der Waals surface area contributed by atoms with Crippen molar-refractivity contribution in [3.8, 4) is 0 Å². The van der Waals surface area contributed by atoms with Gasteiger partial charge in [-0.25, -0.2) is 8.42 Å². The van der Waals surface area contributed by atoms with Crippen LogP contribution in [0.15, 0.2) is 53.4 Å². The second-order valence-electron chi connectivity index (χ2n) is 6.47. The van der Waals surface area contributed by atoms with Gasteiger partial charge in [0.2, 0.25) is 10.0 Å². The van der Waals surface area contributed by atoms with Gasteiger partial charge in [0.1, 0.15) is 0 Å². The molecule has 7 heteroatoms. The molecule has 3 rings (SSSR count). The smallest absolute Gasteiger partial charge is 0.244 e. The third-order valence-electron chi connectivity index (χ3n) is 4.83. The summed E-state index contributed by atoms with van der Waals surface area (Å²) in [4.78, 5) is 0.332. The van der Waals surface area contributed by atoms with E-state index in [1.807, 2.05) is 24.3 Å². The summed E-state index contributed by atoms with van der Waals surface area (Å²) in [5.41, 5.74) is 2.95. The molecule has 1 fully saturated rings. The van der Waals surface area contributed by atoms with E-state index in [2.05, 4.69) is 24.4 Å². The molecule has 2 aromatic rings. The van der Waals surface area contributed by atoms with Crippen molar-refractivity contribution >= 4 is 22.4 Å². The number of piperazine rings is 1. The van der Waals surface area contributed by atoms with Crippen LogP contribution in [-0.2, 0) is 27.8 Å². The lowest BCUT2D eigenvalue weighted by molar-refractivity contribution is 0.182. The fourth-order valence-electron chi connectivity index (χ4n) is 3.39. The highest BCUT2D eigenvalue weighted by Crippen LogP contribution is 2.30. The van der Waals surface area contributed by atoms with E-state index in [4.69, 9.17) is 4.74 Å². The van der Waals surface area contributed by atoms with Crippen LogP contribution in [0.1, 0.15) is 29.7 Å². The molecule has 148 valence electrons. The van der Waals surface area contributed by atoms with E-state index in [0.717, 1.165) is 12.0 Å². The van der Waals surface area contributed by atoms with Crippen LogP contribution in [0.25, 0.3) is 0 Å². The molecule has 1 heterocycles. The van der Waals surface area contributed by atoms with Gasteiger partial charge in [-0.3, -0.25) is 0 Å². The molecule has 1 atom stereocenters. The van der Waals surface area contributed by atoms with Crippen LogP contribution < -0.4 is 5.32 Å². The highest BCUT2D eigenvalue weighted by molar-refractivity contribution is 7.89. The van der Waals surface area contributed by atoms with Crippen molar-refractivity contribution in [2.45, 2.75) is 30.9 Å². The van der Waals surface area contributed by atoms with E-state index in [1.54, 1.807) is 23.5 Å². The molecule has 0 bridgehead atoms. The Labute approximate surface area is 168 Å². The zero-order chi connectivity index (χ0) is 18.6. The van der Waals surface area contributed by atoms with Crippen LogP contribution in [0.2, 0.25) is 0 Å². The lowest BCUT2D eigenvalue weighted by Gasteiger charge is -2.36. The number of sulfonamides is 1. The number of aryl methyl sites for hydroxylation is 1. The van der Waals surface area contributed by atoms with Crippen LogP contribution in [0, 0.1) is 0 Å². The number of rotatable bonds is 6. The van der Waals surface area contributed by atoms with Gasteiger partial charge in [0.25, 0.3) is 0 Å². The standard InChI is InChI=1S/C20H26N2O3S.ClH/c1-3-16-8-10-17(11-9-16)19-14-21-12-13-22(19)26(23,24)20-7-5-4-6-18(20)15-25-2;/h4-11,19,21H,3,12-15H2,1-2H3;1H. The molecular formula is C20H27ClN2O3S. The Kier molecular flexibility index (Phi) is 7.82. The van der Waals surface area contributed by atoms with Crippen molar-refractivity contribution in [3.63, 3.8) is 0 Å². The van der Waals surface area contributed by atoms with Gasteiger partial charge in [-0.15, -0.1) is 12.4 Å². The summed E-state index contributed by atoms with van der Waals surface area (Å²) in [5, 5.41) is 3.32. The largest absolute Gasteiger partial charge is 0.380 e. The Morgan fingerprint density at radius 3 is 2.52 bits per heavy atom. The molecule has 1 aliphatic heterocycles. The molecule has 1 saturated heterocycles. The van der Waals surface area contributed by atoms with Crippen LogP contribution >= 0.6 is 12.4 Å². The molecule has 0 amide bonds. The summed E-state index contributed by atoms with van der Waals surface area (Å²) in [6.45, 7) is 4.09. The third-order valence-corrected chi connectivity index (χ3v) is 6.83. The lowest BCUT2D eigenvalue weighted by atomic mass is 10.0. The van der Waals surface area contributed by atoms with E-state index in [9.17, 15) is 8.42 Å². The number of methoxy groups -OCH3 is 1. The number of halogens is 1. The maximum Gasteiger partial charge on any atom is 0.244 e. The molecule has 0 saturated carbocycles. The van der Waals surface area contributed by atoms with E-state index < -0.39 is 10.0 Å². The molecule has 0 aliphatic carbocycles. The molecule has 27 heavy (non-hydrogen) atoms.